The highest BCUT2D eigenvalue weighted by Gasteiger charge is 2.09. The van der Waals surface area contributed by atoms with Crippen molar-refractivity contribution in [2.75, 3.05) is 6.61 Å². The largest absolute Gasteiger partial charge is 0.494 e. The van der Waals surface area contributed by atoms with Crippen LogP contribution in [0, 0.1) is 0 Å². The van der Waals surface area contributed by atoms with Gasteiger partial charge in [-0.1, -0.05) is 19.1 Å². The zero-order chi connectivity index (χ0) is 18.5. The molecular weight excluding hydrogens is 336 g/mol. The van der Waals surface area contributed by atoms with Crippen LogP contribution in [0.2, 0.25) is 0 Å². The second-order valence-corrected chi connectivity index (χ2v) is 6.25. The molecule has 0 atom stereocenters. The average molecular weight is 356 g/mol. The lowest BCUT2D eigenvalue weighted by atomic mass is 10.1. The molecule has 0 fully saturated rings. The number of benzene rings is 1. The summed E-state index contributed by atoms with van der Waals surface area (Å²) >= 11 is 0. The molecule has 0 amide bonds. The second-order valence-electron chi connectivity index (χ2n) is 6.25. The van der Waals surface area contributed by atoms with Gasteiger partial charge in [-0.3, -0.25) is 0 Å². The third-order valence-electron chi connectivity index (χ3n) is 4.26. The summed E-state index contributed by atoms with van der Waals surface area (Å²) in [5.74, 6) is 1.67. The highest BCUT2D eigenvalue weighted by Crippen LogP contribution is 2.21. The van der Waals surface area contributed by atoms with E-state index >= 15 is 0 Å². The van der Waals surface area contributed by atoms with Gasteiger partial charge in [0.15, 0.2) is 0 Å². The van der Waals surface area contributed by atoms with Crippen LogP contribution >= 0.6 is 0 Å². The van der Waals surface area contributed by atoms with Crippen LogP contribution < -0.4 is 15.4 Å². The van der Waals surface area contributed by atoms with Gasteiger partial charge in [0.2, 0.25) is 0 Å². The van der Waals surface area contributed by atoms with E-state index in [0.29, 0.717) is 0 Å². The minimum absolute atomic E-state index is 0.720. The Morgan fingerprint density at radius 1 is 1.11 bits per heavy atom. The summed E-state index contributed by atoms with van der Waals surface area (Å²) in [5, 5.41) is 0.930. The Balaban J connectivity index is 1.83. The Kier molecular flexibility index (Phi) is 4.99. The number of hydrogen-bond acceptors (Lipinski definition) is 4. The maximum Gasteiger partial charge on any atom is 0.150 e. The number of aromatic nitrogens is 2. The Bertz CT molecular complexity index is 1100. The van der Waals surface area contributed by atoms with Crippen molar-refractivity contribution in [3.05, 3.63) is 83.5 Å². The number of fused-ring (bicyclic) bond motifs is 1. The van der Waals surface area contributed by atoms with E-state index in [1.54, 1.807) is 12.4 Å². The molecule has 0 saturated carbocycles. The molecule has 27 heavy (non-hydrogen) atoms. The van der Waals surface area contributed by atoms with Crippen molar-refractivity contribution in [2.45, 2.75) is 19.8 Å². The number of hydrogen-bond donors (Lipinski definition) is 0. The third-order valence-corrected chi connectivity index (χ3v) is 4.26. The molecule has 0 unspecified atom stereocenters. The topological polar surface area (TPSA) is 48.2 Å². The van der Waals surface area contributed by atoms with Crippen LogP contribution in [-0.2, 0) is 0 Å². The smallest absolute Gasteiger partial charge is 0.150 e. The first kappa shape index (κ1) is 17.1. The van der Waals surface area contributed by atoms with Crippen LogP contribution in [0.3, 0.4) is 0 Å². The molecule has 1 aliphatic rings. The van der Waals surface area contributed by atoms with Crippen molar-refractivity contribution in [1.82, 2.24) is 9.97 Å². The Morgan fingerprint density at radius 2 is 1.93 bits per heavy atom. The van der Waals surface area contributed by atoms with Crippen molar-refractivity contribution in [3.63, 3.8) is 0 Å². The van der Waals surface area contributed by atoms with E-state index in [0.717, 1.165) is 58.3 Å². The van der Waals surface area contributed by atoms with Gasteiger partial charge in [-0.05, 0) is 43.2 Å². The molecule has 0 saturated heterocycles. The first-order chi connectivity index (χ1) is 13.3. The Hall–Kier alpha value is -3.36. The quantitative estimate of drug-likeness (QED) is 0.701. The minimum atomic E-state index is 0.720. The molecule has 0 aliphatic heterocycles. The number of furan rings is 1. The fraction of sp³-hybridized carbons (Fsp3) is 0.174. The zero-order valence-electron chi connectivity index (χ0n) is 15.2. The molecule has 0 radical (unpaired) electrons. The SMILES string of the molecule is CCCOc1ccc(-c2cc3/c(o2)=C(c2cncnc2)\C=C/CC=C=3)cc1. The maximum absolute atomic E-state index is 6.25. The summed E-state index contributed by atoms with van der Waals surface area (Å²) < 4.78 is 11.9. The number of rotatable bonds is 5. The van der Waals surface area contributed by atoms with Gasteiger partial charge in [0.25, 0.3) is 0 Å². The molecule has 134 valence electrons. The van der Waals surface area contributed by atoms with Crippen molar-refractivity contribution >= 4 is 11.3 Å². The molecule has 0 spiro atoms. The van der Waals surface area contributed by atoms with Gasteiger partial charge >= 0.3 is 0 Å². The van der Waals surface area contributed by atoms with Gasteiger partial charge < -0.3 is 9.15 Å². The lowest BCUT2D eigenvalue weighted by Crippen LogP contribution is -2.21. The van der Waals surface area contributed by atoms with Crippen LogP contribution in [0.1, 0.15) is 25.3 Å². The molecule has 0 N–H and O–H groups in total. The number of nitrogens with zero attached hydrogens (tertiary/aromatic N) is 2. The molecule has 1 aromatic carbocycles. The minimum Gasteiger partial charge on any atom is -0.494 e. The van der Waals surface area contributed by atoms with Crippen molar-refractivity contribution < 1.29 is 9.15 Å². The molecule has 2 aromatic heterocycles. The zero-order valence-corrected chi connectivity index (χ0v) is 15.2. The fourth-order valence-electron chi connectivity index (χ4n) is 2.94. The maximum atomic E-state index is 6.25. The summed E-state index contributed by atoms with van der Waals surface area (Å²) in [6, 6.07) is 10.0. The third kappa shape index (κ3) is 3.76. The lowest BCUT2D eigenvalue weighted by Gasteiger charge is -2.04. The summed E-state index contributed by atoms with van der Waals surface area (Å²) in [6.07, 6.45) is 13.1. The molecule has 1 aliphatic carbocycles. The monoisotopic (exact) mass is 356 g/mol. The molecule has 4 nitrogen and oxygen atoms in total. The van der Waals surface area contributed by atoms with E-state index in [9.17, 15) is 0 Å². The van der Waals surface area contributed by atoms with Gasteiger partial charge in [-0.15, -0.1) is 5.73 Å². The van der Waals surface area contributed by atoms with E-state index in [1.165, 1.54) is 6.33 Å². The van der Waals surface area contributed by atoms with Crippen LogP contribution in [-0.4, -0.2) is 16.6 Å². The van der Waals surface area contributed by atoms with Gasteiger partial charge in [-0.25, -0.2) is 9.97 Å². The summed E-state index contributed by atoms with van der Waals surface area (Å²) in [4.78, 5) is 8.27. The molecule has 4 rings (SSSR count). The molecule has 3 aromatic rings. The fourth-order valence-corrected chi connectivity index (χ4v) is 2.94. The highest BCUT2D eigenvalue weighted by molar-refractivity contribution is 5.73. The average Bonchev–Trinajstić information content (AvgIpc) is 3.11. The van der Waals surface area contributed by atoms with Crippen LogP contribution in [0.25, 0.3) is 22.6 Å². The first-order valence-electron chi connectivity index (χ1n) is 9.09. The second kappa shape index (κ2) is 7.90. The molecule has 4 heteroatoms. The van der Waals surface area contributed by atoms with E-state index in [4.69, 9.17) is 9.15 Å². The van der Waals surface area contributed by atoms with E-state index in [1.807, 2.05) is 36.4 Å². The first-order valence-corrected chi connectivity index (χ1v) is 9.09. The Morgan fingerprint density at radius 3 is 2.70 bits per heavy atom. The predicted molar refractivity (Wildman–Crippen MR) is 105 cm³/mol. The number of allylic oxidation sites excluding steroid dienone is 3. The van der Waals surface area contributed by atoms with Crippen molar-refractivity contribution in [1.29, 1.82) is 0 Å². The summed E-state index contributed by atoms with van der Waals surface area (Å²) in [6.45, 7) is 2.81. The summed E-state index contributed by atoms with van der Waals surface area (Å²) in [5.41, 5.74) is 6.99. The van der Waals surface area contributed by atoms with Crippen LogP contribution in [0.5, 0.6) is 5.75 Å². The van der Waals surface area contributed by atoms with Crippen molar-refractivity contribution in [3.8, 4) is 17.1 Å². The predicted octanol–water partition coefficient (Wildman–Crippen LogP) is 3.62. The highest BCUT2D eigenvalue weighted by atomic mass is 16.5. The lowest BCUT2D eigenvalue weighted by molar-refractivity contribution is 0.317. The standard InChI is InChI=1S/C23H20N2O2/c1-2-12-26-20-10-8-17(9-11-20)22-13-18-6-4-3-5-7-21(23(18)27-22)19-14-24-16-25-15-19/h4-5,7-11,13-16H,2-3,12H2,1H3/b7-5-,23-21-. The van der Waals surface area contributed by atoms with Crippen LogP contribution in [0.4, 0.5) is 0 Å². The van der Waals surface area contributed by atoms with Gasteiger partial charge in [0.1, 0.15) is 23.3 Å². The summed E-state index contributed by atoms with van der Waals surface area (Å²) in [7, 11) is 0. The van der Waals surface area contributed by atoms with Gasteiger partial charge in [0, 0.05) is 35.2 Å². The normalized spacial score (nSPS) is 16.0. The van der Waals surface area contributed by atoms with E-state index < -0.39 is 0 Å². The van der Waals surface area contributed by atoms with Crippen LogP contribution in [0.15, 0.2) is 71.7 Å². The molecular formula is C23H20N2O2. The Labute approximate surface area is 157 Å². The van der Waals surface area contributed by atoms with Crippen molar-refractivity contribution in [2.24, 2.45) is 0 Å². The van der Waals surface area contributed by atoms with E-state index in [-0.39, 0.29) is 0 Å². The van der Waals surface area contributed by atoms with E-state index in [2.05, 4.69) is 34.8 Å². The van der Waals surface area contributed by atoms with Gasteiger partial charge in [-0.2, -0.15) is 0 Å². The number of ether oxygens (including phenoxy) is 1. The van der Waals surface area contributed by atoms with Gasteiger partial charge in [0.05, 0.1) is 11.8 Å². The molecule has 2 heterocycles. The molecule has 0 bridgehead atoms.